The van der Waals surface area contributed by atoms with Crippen molar-refractivity contribution in [3.05, 3.63) is 12.3 Å². The molecule has 4 nitrogen and oxygen atoms in total. The molecule has 0 aliphatic carbocycles. The van der Waals surface area contributed by atoms with Crippen LogP contribution >= 0.6 is 0 Å². The van der Waals surface area contributed by atoms with Crippen LogP contribution in [0.3, 0.4) is 0 Å². The molecule has 17 heavy (non-hydrogen) atoms. The molecule has 4 heteroatoms. The molecule has 0 unspecified atom stereocenters. The molecule has 98 valence electrons. The van der Waals surface area contributed by atoms with Crippen molar-refractivity contribution in [3.63, 3.8) is 0 Å². The Balaban J connectivity index is 2.28. The van der Waals surface area contributed by atoms with Crippen LogP contribution in [0.2, 0.25) is 0 Å². The van der Waals surface area contributed by atoms with Crippen LogP contribution in [-0.2, 0) is 4.74 Å². The molecule has 0 atom stereocenters. The average molecular weight is 240 g/mol. The summed E-state index contributed by atoms with van der Waals surface area (Å²) in [7, 11) is 0. The number of hydrogen-bond donors (Lipinski definition) is 1. The fourth-order valence-electron chi connectivity index (χ4n) is 1.88. The van der Waals surface area contributed by atoms with Crippen molar-refractivity contribution >= 4 is 6.09 Å². The summed E-state index contributed by atoms with van der Waals surface area (Å²) in [6, 6.07) is 0.242. The molecule has 1 fully saturated rings. The maximum atomic E-state index is 11.6. The summed E-state index contributed by atoms with van der Waals surface area (Å²) in [5, 5.41) is 2.93. The van der Waals surface area contributed by atoms with E-state index in [0.717, 1.165) is 25.9 Å². The molecule has 0 bridgehead atoms. The normalized spacial score (nSPS) is 18.5. The quantitative estimate of drug-likeness (QED) is 0.806. The van der Waals surface area contributed by atoms with Crippen molar-refractivity contribution in [2.24, 2.45) is 0 Å². The van der Waals surface area contributed by atoms with E-state index in [1.54, 1.807) is 0 Å². The van der Waals surface area contributed by atoms with Crippen LogP contribution in [0.4, 0.5) is 4.79 Å². The predicted molar refractivity (Wildman–Crippen MR) is 68.8 cm³/mol. The first-order chi connectivity index (χ1) is 7.90. The van der Waals surface area contributed by atoms with Gasteiger partial charge in [0.15, 0.2) is 0 Å². The minimum atomic E-state index is -0.421. The summed E-state index contributed by atoms with van der Waals surface area (Å²) < 4.78 is 5.24. The maximum absolute atomic E-state index is 11.6. The van der Waals surface area contributed by atoms with Gasteiger partial charge in [0.2, 0.25) is 0 Å². The Hall–Kier alpha value is -1.19. The SMILES string of the molecule is CC=CN1CCC(NC(=O)OC(C)(C)C)CC1. The van der Waals surface area contributed by atoms with Gasteiger partial charge >= 0.3 is 6.09 Å². The molecule has 0 radical (unpaired) electrons. The van der Waals surface area contributed by atoms with Crippen molar-refractivity contribution in [2.45, 2.75) is 52.2 Å². The molecule has 0 aromatic carbocycles. The van der Waals surface area contributed by atoms with E-state index >= 15 is 0 Å². The number of alkyl carbamates (subject to hydrolysis) is 1. The molecule has 1 saturated heterocycles. The topological polar surface area (TPSA) is 41.6 Å². The van der Waals surface area contributed by atoms with Crippen LogP contribution in [-0.4, -0.2) is 35.7 Å². The number of carbonyl (C=O) groups excluding carboxylic acids is 1. The van der Waals surface area contributed by atoms with Crippen molar-refractivity contribution in [3.8, 4) is 0 Å². The van der Waals surface area contributed by atoms with Crippen molar-refractivity contribution in [1.29, 1.82) is 0 Å². The van der Waals surface area contributed by atoms with Gasteiger partial charge in [0.1, 0.15) is 5.60 Å². The molecule has 1 aliphatic rings. The number of nitrogens with zero attached hydrogens (tertiary/aromatic N) is 1. The zero-order valence-electron chi connectivity index (χ0n) is 11.3. The number of piperidine rings is 1. The number of carbonyl (C=O) groups is 1. The monoisotopic (exact) mass is 240 g/mol. The van der Waals surface area contributed by atoms with Gasteiger partial charge in [0.05, 0.1) is 0 Å². The van der Waals surface area contributed by atoms with E-state index in [-0.39, 0.29) is 12.1 Å². The fourth-order valence-corrected chi connectivity index (χ4v) is 1.88. The van der Waals surface area contributed by atoms with Gasteiger partial charge in [-0.2, -0.15) is 0 Å². The average Bonchev–Trinajstić information content (AvgIpc) is 2.18. The number of amides is 1. The van der Waals surface area contributed by atoms with E-state index in [9.17, 15) is 4.79 Å². The Labute approximate surface area is 104 Å². The third kappa shape index (κ3) is 5.61. The number of nitrogens with one attached hydrogen (secondary N) is 1. The molecule has 1 heterocycles. The highest BCUT2D eigenvalue weighted by molar-refractivity contribution is 5.68. The number of ether oxygens (including phenoxy) is 1. The van der Waals surface area contributed by atoms with Crippen LogP contribution in [0.15, 0.2) is 12.3 Å². The van der Waals surface area contributed by atoms with E-state index in [1.165, 1.54) is 0 Å². The Morgan fingerprint density at radius 1 is 1.35 bits per heavy atom. The second-order valence-electron chi connectivity index (χ2n) is 5.44. The summed E-state index contributed by atoms with van der Waals surface area (Å²) in [4.78, 5) is 13.8. The van der Waals surface area contributed by atoms with Gasteiger partial charge in [-0.05, 0) is 46.7 Å². The van der Waals surface area contributed by atoms with Gasteiger partial charge in [-0.15, -0.1) is 0 Å². The number of allylic oxidation sites excluding steroid dienone is 1. The van der Waals surface area contributed by atoms with E-state index in [1.807, 2.05) is 33.8 Å². The first kappa shape index (κ1) is 13.9. The smallest absolute Gasteiger partial charge is 0.407 e. The minimum absolute atomic E-state index is 0.242. The lowest BCUT2D eigenvalue weighted by molar-refractivity contribution is 0.0486. The largest absolute Gasteiger partial charge is 0.444 e. The third-order valence-electron chi connectivity index (χ3n) is 2.61. The predicted octanol–water partition coefficient (Wildman–Crippen LogP) is 2.51. The molecule has 0 aromatic heterocycles. The Bertz CT molecular complexity index is 274. The highest BCUT2D eigenvalue weighted by atomic mass is 16.6. The summed E-state index contributed by atoms with van der Waals surface area (Å²) in [6.07, 6.45) is 5.79. The molecule has 1 N–H and O–H groups in total. The maximum Gasteiger partial charge on any atom is 0.407 e. The van der Waals surface area contributed by atoms with Crippen LogP contribution < -0.4 is 5.32 Å². The third-order valence-corrected chi connectivity index (χ3v) is 2.61. The zero-order valence-corrected chi connectivity index (χ0v) is 11.3. The van der Waals surface area contributed by atoms with Gasteiger partial charge in [0.25, 0.3) is 0 Å². The first-order valence-corrected chi connectivity index (χ1v) is 6.27. The van der Waals surface area contributed by atoms with E-state index in [0.29, 0.717) is 0 Å². The van der Waals surface area contributed by atoms with Gasteiger partial charge in [-0.25, -0.2) is 4.79 Å². The van der Waals surface area contributed by atoms with Gasteiger partial charge in [0, 0.05) is 19.1 Å². The number of hydrogen-bond acceptors (Lipinski definition) is 3. The Morgan fingerprint density at radius 3 is 2.41 bits per heavy atom. The van der Waals surface area contributed by atoms with Crippen molar-refractivity contribution < 1.29 is 9.53 Å². The second kappa shape index (κ2) is 5.94. The van der Waals surface area contributed by atoms with Crippen LogP contribution in [0, 0.1) is 0 Å². The summed E-state index contributed by atoms with van der Waals surface area (Å²) in [5.74, 6) is 0. The summed E-state index contributed by atoms with van der Waals surface area (Å²) >= 11 is 0. The lowest BCUT2D eigenvalue weighted by atomic mass is 10.1. The van der Waals surface area contributed by atoms with Gasteiger partial charge < -0.3 is 15.0 Å². The van der Waals surface area contributed by atoms with Crippen LogP contribution in [0.5, 0.6) is 0 Å². The molecular formula is C13H24N2O2. The number of likely N-dealkylation sites (tertiary alicyclic amines) is 1. The van der Waals surface area contributed by atoms with E-state index in [2.05, 4.69) is 16.4 Å². The zero-order chi connectivity index (χ0) is 12.9. The lowest BCUT2D eigenvalue weighted by Gasteiger charge is -2.32. The lowest BCUT2D eigenvalue weighted by Crippen LogP contribution is -2.44. The highest BCUT2D eigenvalue weighted by Gasteiger charge is 2.22. The minimum Gasteiger partial charge on any atom is -0.444 e. The fraction of sp³-hybridized carbons (Fsp3) is 0.769. The highest BCUT2D eigenvalue weighted by Crippen LogP contribution is 2.12. The Morgan fingerprint density at radius 2 is 1.94 bits per heavy atom. The van der Waals surface area contributed by atoms with Crippen molar-refractivity contribution in [1.82, 2.24) is 10.2 Å². The van der Waals surface area contributed by atoms with E-state index in [4.69, 9.17) is 4.74 Å². The molecule has 0 aromatic rings. The molecule has 1 amide bonds. The molecular weight excluding hydrogens is 216 g/mol. The second-order valence-corrected chi connectivity index (χ2v) is 5.44. The van der Waals surface area contributed by atoms with Gasteiger partial charge in [-0.1, -0.05) is 6.08 Å². The Kier molecular flexibility index (Phi) is 4.85. The summed E-state index contributed by atoms with van der Waals surface area (Å²) in [5.41, 5.74) is -0.421. The molecule has 0 spiro atoms. The molecule has 1 aliphatic heterocycles. The standard InChI is InChI=1S/C13H24N2O2/c1-5-8-15-9-6-11(7-10-15)14-12(16)17-13(2,3)4/h5,8,11H,6-7,9-10H2,1-4H3,(H,14,16). The van der Waals surface area contributed by atoms with Crippen LogP contribution in [0.25, 0.3) is 0 Å². The van der Waals surface area contributed by atoms with Gasteiger partial charge in [-0.3, -0.25) is 0 Å². The summed E-state index contributed by atoms with van der Waals surface area (Å²) in [6.45, 7) is 9.63. The van der Waals surface area contributed by atoms with Crippen molar-refractivity contribution in [2.75, 3.05) is 13.1 Å². The molecule has 1 rings (SSSR count). The van der Waals surface area contributed by atoms with E-state index < -0.39 is 5.60 Å². The first-order valence-electron chi connectivity index (χ1n) is 6.27. The number of rotatable bonds is 2. The van der Waals surface area contributed by atoms with Crippen LogP contribution in [0.1, 0.15) is 40.5 Å². The molecule has 0 saturated carbocycles.